The third-order valence-electron chi connectivity index (χ3n) is 3.25. The van der Waals surface area contributed by atoms with Gasteiger partial charge < -0.3 is 0 Å². The van der Waals surface area contributed by atoms with E-state index in [1.807, 2.05) is 26.0 Å². The number of hydrazine groups is 1. The van der Waals surface area contributed by atoms with Gasteiger partial charge in [-0.25, -0.2) is 4.98 Å². The molecular formula is C14H18ClN3S. The van der Waals surface area contributed by atoms with E-state index in [-0.39, 0.29) is 6.04 Å². The molecule has 1 unspecified atom stereocenters. The number of hydrogen-bond donors (Lipinski definition) is 2. The number of rotatable bonds is 4. The maximum Gasteiger partial charge on any atom is 0.0950 e. The number of benzene rings is 1. The first-order chi connectivity index (χ1) is 9.01. The first-order valence-corrected chi connectivity index (χ1v) is 7.35. The topological polar surface area (TPSA) is 50.9 Å². The van der Waals surface area contributed by atoms with Gasteiger partial charge >= 0.3 is 0 Å². The van der Waals surface area contributed by atoms with Crippen LogP contribution in [0.4, 0.5) is 0 Å². The van der Waals surface area contributed by atoms with Crippen molar-refractivity contribution in [3.63, 3.8) is 0 Å². The molecule has 0 spiro atoms. The fourth-order valence-corrected chi connectivity index (χ4v) is 3.07. The van der Waals surface area contributed by atoms with Gasteiger partial charge in [0.25, 0.3) is 0 Å². The average molecular weight is 296 g/mol. The molecule has 2 rings (SSSR count). The molecule has 1 aromatic heterocycles. The first kappa shape index (κ1) is 14.5. The minimum Gasteiger partial charge on any atom is -0.271 e. The quantitative estimate of drug-likeness (QED) is 0.671. The van der Waals surface area contributed by atoms with Crippen LogP contribution in [0.3, 0.4) is 0 Å². The first-order valence-electron chi connectivity index (χ1n) is 6.16. The molecule has 102 valence electrons. The molecule has 0 aliphatic heterocycles. The van der Waals surface area contributed by atoms with Crippen LogP contribution >= 0.6 is 22.9 Å². The van der Waals surface area contributed by atoms with Gasteiger partial charge in [0, 0.05) is 16.3 Å². The monoisotopic (exact) mass is 295 g/mol. The molecule has 5 heteroatoms. The van der Waals surface area contributed by atoms with E-state index >= 15 is 0 Å². The molecular weight excluding hydrogens is 278 g/mol. The van der Waals surface area contributed by atoms with Crippen molar-refractivity contribution < 1.29 is 0 Å². The molecule has 0 radical (unpaired) electrons. The van der Waals surface area contributed by atoms with Crippen LogP contribution in [0.25, 0.3) is 0 Å². The smallest absolute Gasteiger partial charge is 0.0950 e. The number of nitrogens with zero attached hydrogens (tertiary/aromatic N) is 1. The van der Waals surface area contributed by atoms with E-state index in [4.69, 9.17) is 17.4 Å². The summed E-state index contributed by atoms with van der Waals surface area (Å²) in [6.07, 6.45) is 0.773. The summed E-state index contributed by atoms with van der Waals surface area (Å²) in [4.78, 5) is 5.81. The molecule has 0 amide bonds. The van der Waals surface area contributed by atoms with Gasteiger partial charge in [-0.1, -0.05) is 23.7 Å². The SMILES string of the molecule is Cc1ccc(C(Cc2nc(C)c(C)s2)NN)cc1Cl. The van der Waals surface area contributed by atoms with Crippen LogP contribution in [0.2, 0.25) is 5.02 Å². The number of thiazole rings is 1. The highest BCUT2D eigenvalue weighted by Crippen LogP contribution is 2.26. The normalized spacial score (nSPS) is 12.7. The van der Waals surface area contributed by atoms with Crippen molar-refractivity contribution >= 4 is 22.9 Å². The van der Waals surface area contributed by atoms with Crippen LogP contribution in [0.1, 0.15) is 32.7 Å². The molecule has 0 bridgehead atoms. The Morgan fingerprint density at radius 1 is 1.37 bits per heavy atom. The predicted molar refractivity (Wildman–Crippen MR) is 81.5 cm³/mol. The second-order valence-corrected chi connectivity index (χ2v) is 6.38. The van der Waals surface area contributed by atoms with E-state index in [9.17, 15) is 0 Å². The van der Waals surface area contributed by atoms with E-state index in [2.05, 4.69) is 23.4 Å². The fraction of sp³-hybridized carbons (Fsp3) is 0.357. The van der Waals surface area contributed by atoms with Crippen LogP contribution < -0.4 is 11.3 Å². The highest BCUT2D eigenvalue weighted by Gasteiger charge is 2.14. The largest absolute Gasteiger partial charge is 0.271 e. The molecule has 0 aliphatic carbocycles. The Labute approximate surface area is 122 Å². The summed E-state index contributed by atoms with van der Waals surface area (Å²) >= 11 is 7.89. The molecule has 0 aliphatic rings. The number of aryl methyl sites for hydroxylation is 3. The summed E-state index contributed by atoms with van der Waals surface area (Å²) in [5.41, 5.74) is 6.10. The van der Waals surface area contributed by atoms with Gasteiger partial charge in [-0.3, -0.25) is 11.3 Å². The number of hydrogen-bond acceptors (Lipinski definition) is 4. The lowest BCUT2D eigenvalue weighted by molar-refractivity contribution is 0.550. The zero-order chi connectivity index (χ0) is 14.0. The summed E-state index contributed by atoms with van der Waals surface area (Å²) in [5.74, 6) is 5.67. The maximum absolute atomic E-state index is 6.17. The summed E-state index contributed by atoms with van der Waals surface area (Å²) in [6.45, 7) is 6.11. The van der Waals surface area contributed by atoms with Gasteiger partial charge in [0.15, 0.2) is 0 Å². The van der Waals surface area contributed by atoms with Crippen molar-refractivity contribution in [1.29, 1.82) is 0 Å². The number of aromatic nitrogens is 1. The summed E-state index contributed by atoms with van der Waals surface area (Å²) in [5, 5.41) is 1.86. The van der Waals surface area contributed by atoms with E-state index in [1.54, 1.807) is 11.3 Å². The Kier molecular flexibility index (Phi) is 4.58. The van der Waals surface area contributed by atoms with Crippen molar-refractivity contribution in [2.45, 2.75) is 33.2 Å². The van der Waals surface area contributed by atoms with E-state index in [0.717, 1.165) is 33.3 Å². The Morgan fingerprint density at radius 2 is 2.11 bits per heavy atom. The van der Waals surface area contributed by atoms with Gasteiger partial charge in [0.2, 0.25) is 0 Å². The van der Waals surface area contributed by atoms with Crippen LogP contribution in [0.5, 0.6) is 0 Å². The molecule has 3 nitrogen and oxygen atoms in total. The predicted octanol–water partition coefficient (Wildman–Crippen LogP) is 3.47. The van der Waals surface area contributed by atoms with Crippen molar-refractivity contribution in [3.05, 3.63) is 49.9 Å². The standard InChI is InChI=1S/C14H18ClN3S/c1-8-4-5-11(6-12(8)15)13(18-16)7-14-17-9(2)10(3)19-14/h4-6,13,18H,7,16H2,1-3H3. The Bertz CT molecular complexity index is 561. The molecule has 0 saturated carbocycles. The maximum atomic E-state index is 6.17. The summed E-state index contributed by atoms with van der Waals surface area (Å²) < 4.78 is 0. The minimum absolute atomic E-state index is 0.0306. The lowest BCUT2D eigenvalue weighted by Gasteiger charge is -2.15. The molecule has 1 heterocycles. The van der Waals surface area contributed by atoms with E-state index in [1.165, 1.54) is 4.88 Å². The zero-order valence-corrected chi connectivity index (χ0v) is 12.9. The van der Waals surface area contributed by atoms with Crippen LogP contribution in [-0.4, -0.2) is 4.98 Å². The zero-order valence-electron chi connectivity index (χ0n) is 11.3. The third kappa shape index (κ3) is 3.34. The molecule has 1 atom stereocenters. The molecule has 2 aromatic rings. The second-order valence-electron chi connectivity index (χ2n) is 4.68. The van der Waals surface area contributed by atoms with Gasteiger partial charge in [0.05, 0.1) is 16.7 Å². The van der Waals surface area contributed by atoms with Gasteiger partial charge in [-0.05, 0) is 38.0 Å². The number of nitrogens with one attached hydrogen (secondary N) is 1. The lowest BCUT2D eigenvalue weighted by Crippen LogP contribution is -2.29. The highest BCUT2D eigenvalue weighted by molar-refractivity contribution is 7.11. The van der Waals surface area contributed by atoms with Crippen molar-refractivity contribution in [1.82, 2.24) is 10.4 Å². The summed E-state index contributed by atoms with van der Waals surface area (Å²) in [6, 6.07) is 6.07. The van der Waals surface area contributed by atoms with E-state index < -0.39 is 0 Å². The van der Waals surface area contributed by atoms with Crippen molar-refractivity contribution in [2.24, 2.45) is 5.84 Å². The Balaban J connectivity index is 2.22. The van der Waals surface area contributed by atoms with Crippen LogP contribution in [0, 0.1) is 20.8 Å². The number of nitrogens with two attached hydrogens (primary N) is 1. The second kappa shape index (κ2) is 6.01. The minimum atomic E-state index is 0.0306. The Morgan fingerprint density at radius 3 is 2.63 bits per heavy atom. The van der Waals surface area contributed by atoms with E-state index in [0.29, 0.717) is 0 Å². The van der Waals surface area contributed by atoms with Crippen LogP contribution in [0.15, 0.2) is 18.2 Å². The van der Waals surface area contributed by atoms with Crippen molar-refractivity contribution in [3.8, 4) is 0 Å². The Hall–Kier alpha value is -0.940. The fourth-order valence-electron chi connectivity index (χ4n) is 1.90. The molecule has 19 heavy (non-hydrogen) atoms. The van der Waals surface area contributed by atoms with Crippen molar-refractivity contribution in [2.75, 3.05) is 0 Å². The number of halogens is 1. The van der Waals surface area contributed by atoms with Crippen LogP contribution in [-0.2, 0) is 6.42 Å². The molecule has 0 fully saturated rings. The molecule has 0 saturated heterocycles. The lowest BCUT2D eigenvalue weighted by atomic mass is 10.0. The average Bonchev–Trinajstić information content (AvgIpc) is 2.69. The highest BCUT2D eigenvalue weighted by atomic mass is 35.5. The third-order valence-corrected chi connectivity index (χ3v) is 4.75. The molecule has 3 N–H and O–H groups in total. The summed E-state index contributed by atoms with van der Waals surface area (Å²) in [7, 11) is 0. The van der Waals surface area contributed by atoms with Gasteiger partial charge in [-0.2, -0.15) is 0 Å². The molecule has 1 aromatic carbocycles. The van der Waals surface area contributed by atoms with Gasteiger partial charge in [0.1, 0.15) is 0 Å². The van der Waals surface area contributed by atoms with Gasteiger partial charge in [-0.15, -0.1) is 11.3 Å².